The quantitative estimate of drug-likeness (QED) is 0.643. The predicted octanol–water partition coefficient (Wildman–Crippen LogP) is 2.03. The SMILES string of the molecule is COC(=O)c1ccc(NC2CCCC2OC)c(N)c1. The van der Waals surface area contributed by atoms with Gasteiger partial charge in [-0.15, -0.1) is 0 Å². The van der Waals surface area contributed by atoms with Gasteiger partial charge in [0.15, 0.2) is 0 Å². The van der Waals surface area contributed by atoms with E-state index in [2.05, 4.69) is 10.1 Å². The Morgan fingerprint density at radius 1 is 1.37 bits per heavy atom. The van der Waals surface area contributed by atoms with E-state index in [1.807, 2.05) is 6.07 Å². The highest BCUT2D eigenvalue weighted by Gasteiger charge is 2.27. The normalized spacial score (nSPS) is 22.2. The zero-order valence-electron chi connectivity index (χ0n) is 11.3. The van der Waals surface area contributed by atoms with Crippen molar-refractivity contribution in [3.05, 3.63) is 23.8 Å². The minimum absolute atomic E-state index is 0.222. The number of rotatable bonds is 4. The van der Waals surface area contributed by atoms with Gasteiger partial charge in [0.05, 0.1) is 36.2 Å². The summed E-state index contributed by atoms with van der Waals surface area (Å²) in [4.78, 5) is 11.4. The Morgan fingerprint density at radius 2 is 2.16 bits per heavy atom. The summed E-state index contributed by atoms with van der Waals surface area (Å²) in [6, 6.07) is 5.43. The van der Waals surface area contributed by atoms with Gasteiger partial charge in [-0.25, -0.2) is 4.79 Å². The van der Waals surface area contributed by atoms with Crippen LogP contribution in [-0.4, -0.2) is 32.3 Å². The van der Waals surface area contributed by atoms with Gasteiger partial charge in [-0.05, 0) is 37.5 Å². The summed E-state index contributed by atoms with van der Waals surface area (Å²) in [6.07, 6.45) is 3.50. The largest absolute Gasteiger partial charge is 0.465 e. The van der Waals surface area contributed by atoms with E-state index in [1.165, 1.54) is 7.11 Å². The maximum atomic E-state index is 11.4. The number of carbonyl (C=O) groups is 1. The van der Waals surface area contributed by atoms with Crippen LogP contribution in [0.4, 0.5) is 11.4 Å². The van der Waals surface area contributed by atoms with Crippen LogP contribution in [-0.2, 0) is 9.47 Å². The minimum atomic E-state index is -0.381. The molecule has 0 radical (unpaired) electrons. The average Bonchev–Trinajstić information content (AvgIpc) is 2.87. The number of carbonyl (C=O) groups excluding carboxylic acids is 1. The molecule has 0 heterocycles. The number of nitrogens with two attached hydrogens (primary N) is 1. The summed E-state index contributed by atoms with van der Waals surface area (Å²) in [6.45, 7) is 0. The van der Waals surface area contributed by atoms with Crippen LogP contribution in [0.5, 0.6) is 0 Å². The van der Waals surface area contributed by atoms with E-state index >= 15 is 0 Å². The summed E-state index contributed by atoms with van der Waals surface area (Å²) in [5.74, 6) is -0.381. The lowest BCUT2D eigenvalue weighted by atomic mass is 10.1. The highest BCUT2D eigenvalue weighted by molar-refractivity contribution is 5.91. The van der Waals surface area contributed by atoms with Crippen molar-refractivity contribution in [2.24, 2.45) is 0 Å². The van der Waals surface area contributed by atoms with Crippen LogP contribution >= 0.6 is 0 Å². The molecule has 0 saturated heterocycles. The average molecular weight is 264 g/mol. The van der Waals surface area contributed by atoms with Crippen LogP contribution < -0.4 is 11.1 Å². The molecule has 1 aromatic carbocycles. The molecular formula is C14H20N2O3. The van der Waals surface area contributed by atoms with E-state index in [0.29, 0.717) is 11.3 Å². The first kappa shape index (κ1) is 13.7. The molecule has 0 bridgehead atoms. The number of nitrogen functional groups attached to an aromatic ring is 1. The molecule has 1 aromatic rings. The molecule has 5 nitrogen and oxygen atoms in total. The number of nitrogens with one attached hydrogen (secondary N) is 1. The molecule has 2 rings (SSSR count). The van der Waals surface area contributed by atoms with E-state index < -0.39 is 0 Å². The first-order valence-corrected chi connectivity index (χ1v) is 6.43. The van der Waals surface area contributed by atoms with E-state index in [9.17, 15) is 4.79 Å². The van der Waals surface area contributed by atoms with Crippen LogP contribution in [0.3, 0.4) is 0 Å². The molecule has 0 aromatic heterocycles. The standard InChI is InChI=1S/C14H20N2O3/c1-18-13-5-3-4-12(13)16-11-7-6-9(8-10(11)15)14(17)19-2/h6-8,12-13,16H,3-5,15H2,1-2H3. The van der Waals surface area contributed by atoms with Crippen molar-refractivity contribution < 1.29 is 14.3 Å². The highest BCUT2D eigenvalue weighted by atomic mass is 16.5. The smallest absolute Gasteiger partial charge is 0.337 e. The maximum absolute atomic E-state index is 11.4. The number of esters is 1. The van der Waals surface area contributed by atoms with Crippen LogP contribution in [0, 0.1) is 0 Å². The van der Waals surface area contributed by atoms with E-state index in [4.69, 9.17) is 10.5 Å². The topological polar surface area (TPSA) is 73.6 Å². The Bertz CT molecular complexity index is 462. The molecule has 0 amide bonds. The van der Waals surface area contributed by atoms with Crippen LogP contribution in [0.1, 0.15) is 29.6 Å². The Balaban J connectivity index is 2.11. The molecular weight excluding hydrogens is 244 g/mol. The lowest BCUT2D eigenvalue weighted by Gasteiger charge is -2.21. The first-order valence-electron chi connectivity index (χ1n) is 6.43. The van der Waals surface area contributed by atoms with Crippen molar-refractivity contribution in [2.75, 3.05) is 25.3 Å². The molecule has 1 aliphatic carbocycles. The van der Waals surface area contributed by atoms with Gasteiger partial charge in [0.25, 0.3) is 0 Å². The lowest BCUT2D eigenvalue weighted by Crippen LogP contribution is -2.30. The highest BCUT2D eigenvalue weighted by Crippen LogP contribution is 2.28. The van der Waals surface area contributed by atoms with Crippen LogP contribution in [0.25, 0.3) is 0 Å². The van der Waals surface area contributed by atoms with E-state index in [-0.39, 0.29) is 18.1 Å². The minimum Gasteiger partial charge on any atom is -0.465 e. The number of hydrogen-bond acceptors (Lipinski definition) is 5. The van der Waals surface area contributed by atoms with Crippen molar-refractivity contribution in [1.82, 2.24) is 0 Å². The van der Waals surface area contributed by atoms with Gasteiger partial charge >= 0.3 is 5.97 Å². The monoisotopic (exact) mass is 264 g/mol. The molecule has 2 unspecified atom stereocenters. The van der Waals surface area contributed by atoms with Gasteiger partial charge in [-0.3, -0.25) is 0 Å². The second kappa shape index (κ2) is 5.93. The maximum Gasteiger partial charge on any atom is 0.337 e. The Labute approximate surface area is 113 Å². The van der Waals surface area contributed by atoms with Gasteiger partial charge in [-0.2, -0.15) is 0 Å². The molecule has 0 spiro atoms. The number of benzene rings is 1. The molecule has 5 heteroatoms. The van der Waals surface area contributed by atoms with Crippen molar-refractivity contribution in [3.8, 4) is 0 Å². The van der Waals surface area contributed by atoms with Crippen molar-refractivity contribution in [2.45, 2.75) is 31.4 Å². The van der Waals surface area contributed by atoms with Gasteiger partial charge in [-0.1, -0.05) is 0 Å². The summed E-state index contributed by atoms with van der Waals surface area (Å²) in [7, 11) is 3.08. The Kier molecular flexibility index (Phi) is 4.27. The fourth-order valence-electron chi connectivity index (χ4n) is 2.51. The Hall–Kier alpha value is -1.75. The predicted molar refractivity (Wildman–Crippen MR) is 74.3 cm³/mol. The third-order valence-electron chi connectivity index (χ3n) is 3.57. The van der Waals surface area contributed by atoms with Gasteiger partial charge in [0.2, 0.25) is 0 Å². The second-order valence-electron chi connectivity index (χ2n) is 4.75. The number of methoxy groups -OCH3 is 2. The molecule has 1 aliphatic rings. The molecule has 3 N–H and O–H groups in total. The molecule has 2 atom stereocenters. The van der Waals surface area contributed by atoms with E-state index in [0.717, 1.165) is 24.9 Å². The summed E-state index contributed by atoms with van der Waals surface area (Å²) < 4.78 is 10.1. The zero-order chi connectivity index (χ0) is 13.8. The van der Waals surface area contributed by atoms with Gasteiger partial charge in [0.1, 0.15) is 0 Å². The fourth-order valence-corrected chi connectivity index (χ4v) is 2.51. The fraction of sp³-hybridized carbons (Fsp3) is 0.500. The second-order valence-corrected chi connectivity index (χ2v) is 4.75. The summed E-state index contributed by atoms with van der Waals surface area (Å²) in [5, 5.41) is 3.39. The number of hydrogen-bond donors (Lipinski definition) is 2. The van der Waals surface area contributed by atoms with Crippen molar-refractivity contribution in [3.63, 3.8) is 0 Å². The van der Waals surface area contributed by atoms with Gasteiger partial charge < -0.3 is 20.5 Å². The zero-order valence-corrected chi connectivity index (χ0v) is 11.3. The Morgan fingerprint density at radius 3 is 2.79 bits per heavy atom. The molecule has 1 saturated carbocycles. The summed E-state index contributed by atoms with van der Waals surface area (Å²) >= 11 is 0. The number of ether oxygens (including phenoxy) is 2. The van der Waals surface area contributed by atoms with Gasteiger partial charge in [0, 0.05) is 7.11 Å². The lowest BCUT2D eigenvalue weighted by molar-refractivity contribution is 0.0601. The summed E-state index contributed by atoms with van der Waals surface area (Å²) in [5.41, 5.74) is 7.81. The van der Waals surface area contributed by atoms with Crippen LogP contribution in [0.15, 0.2) is 18.2 Å². The van der Waals surface area contributed by atoms with E-state index in [1.54, 1.807) is 19.2 Å². The molecule has 104 valence electrons. The third-order valence-corrected chi connectivity index (χ3v) is 3.57. The molecule has 19 heavy (non-hydrogen) atoms. The van der Waals surface area contributed by atoms with Crippen molar-refractivity contribution >= 4 is 17.3 Å². The van der Waals surface area contributed by atoms with Crippen LogP contribution in [0.2, 0.25) is 0 Å². The first-order chi connectivity index (χ1) is 9.15. The third kappa shape index (κ3) is 2.98. The van der Waals surface area contributed by atoms with Crippen molar-refractivity contribution in [1.29, 1.82) is 0 Å². The number of anilines is 2. The molecule has 1 fully saturated rings. The molecule has 0 aliphatic heterocycles.